The minimum absolute atomic E-state index is 0.0316. The van der Waals surface area contributed by atoms with Crippen LogP contribution in [-0.2, 0) is 16.0 Å². The van der Waals surface area contributed by atoms with E-state index in [1.54, 1.807) is 13.0 Å². The molecule has 0 saturated heterocycles. The van der Waals surface area contributed by atoms with E-state index in [2.05, 4.69) is 0 Å². The van der Waals surface area contributed by atoms with Crippen LogP contribution in [0.4, 0.5) is 0 Å². The van der Waals surface area contributed by atoms with Crippen LogP contribution in [-0.4, -0.2) is 33.2 Å². The average Bonchev–Trinajstić information content (AvgIpc) is 2.35. The van der Waals surface area contributed by atoms with Gasteiger partial charge < -0.3 is 20.1 Å². The van der Waals surface area contributed by atoms with Crippen LogP contribution in [0.25, 0.3) is 0 Å². The largest absolute Gasteiger partial charge is 0.508 e. The van der Waals surface area contributed by atoms with Crippen molar-refractivity contribution in [2.45, 2.75) is 25.9 Å². The van der Waals surface area contributed by atoms with Crippen LogP contribution >= 0.6 is 0 Å². The fourth-order valence-electron chi connectivity index (χ4n) is 2.11. The van der Waals surface area contributed by atoms with Gasteiger partial charge in [-0.15, -0.1) is 0 Å². The third kappa shape index (κ3) is 3.73. The lowest BCUT2D eigenvalue weighted by Crippen LogP contribution is -2.15. The number of aliphatic hydroxyl groups is 1. The van der Waals surface area contributed by atoms with Gasteiger partial charge in [-0.25, -0.2) is 0 Å². The first-order valence-electron chi connectivity index (χ1n) is 6.73. The topological polar surface area (TPSA) is 104 Å². The molecule has 1 atom stereocenters. The van der Waals surface area contributed by atoms with Crippen molar-refractivity contribution >= 4 is 11.8 Å². The maximum atomic E-state index is 12.2. The molecule has 0 fully saturated rings. The number of cyclic esters (lactones) is 1. The number of fused-ring (bicyclic) bond motifs is 1. The molecule has 3 N–H and O–H groups in total. The Bertz CT molecular complexity index is 669. The molecule has 0 aromatic heterocycles. The second kappa shape index (κ2) is 6.44. The smallest absolute Gasteiger partial charge is 0.315 e. The highest BCUT2D eigenvalue weighted by molar-refractivity contribution is 6.09. The van der Waals surface area contributed by atoms with Crippen LogP contribution in [0.15, 0.2) is 36.1 Å². The van der Waals surface area contributed by atoms with Crippen molar-refractivity contribution < 1.29 is 29.6 Å². The molecule has 1 aromatic carbocycles. The Morgan fingerprint density at radius 3 is 2.73 bits per heavy atom. The van der Waals surface area contributed by atoms with E-state index in [4.69, 9.17) is 4.74 Å². The first kappa shape index (κ1) is 15.8. The minimum Gasteiger partial charge on any atom is -0.508 e. The molecule has 0 saturated carbocycles. The fraction of sp³-hybridized carbons (Fsp3) is 0.250. The number of benzene rings is 1. The fourth-order valence-corrected chi connectivity index (χ4v) is 2.11. The van der Waals surface area contributed by atoms with Crippen LogP contribution in [0.1, 0.15) is 29.3 Å². The number of phenolic OH excluding ortho intramolecular Hbond substituents is 2. The number of hydrogen-bond donors (Lipinski definition) is 3. The summed E-state index contributed by atoms with van der Waals surface area (Å²) in [6.07, 6.45) is 3.64. The molecule has 0 bridgehead atoms. The molecule has 22 heavy (non-hydrogen) atoms. The predicted molar refractivity (Wildman–Crippen MR) is 77.4 cm³/mol. The Labute approximate surface area is 127 Å². The number of carbonyl (C=O) groups excluding carboxylic acids is 2. The molecule has 6 heteroatoms. The molecular weight excluding hydrogens is 288 g/mol. The van der Waals surface area contributed by atoms with Crippen molar-refractivity contribution in [1.29, 1.82) is 0 Å². The van der Waals surface area contributed by atoms with Gasteiger partial charge in [0, 0.05) is 12.1 Å². The standard InChI is InChI=1S/C16H16O6/c1-9(17)3-2-4-12-8-14(20)16-10(6-15(21)22-12)5-11(18)7-13(16)19/h2,4-5,7-9,17-19H,3,6H2,1H3/b4-2+,12-8?. The van der Waals surface area contributed by atoms with Gasteiger partial charge in [-0.2, -0.15) is 0 Å². The van der Waals surface area contributed by atoms with Gasteiger partial charge in [0.15, 0.2) is 5.78 Å². The Morgan fingerprint density at radius 1 is 1.32 bits per heavy atom. The van der Waals surface area contributed by atoms with E-state index in [0.717, 1.165) is 12.1 Å². The lowest BCUT2D eigenvalue weighted by Gasteiger charge is -2.14. The summed E-state index contributed by atoms with van der Waals surface area (Å²) in [5.74, 6) is -1.74. The summed E-state index contributed by atoms with van der Waals surface area (Å²) in [4.78, 5) is 24.0. The SMILES string of the molecule is CC(O)C/C=C/C1=CC(=O)c2c(O)cc(O)cc2CC(=O)O1. The molecule has 1 heterocycles. The Morgan fingerprint density at radius 2 is 2.05 bits per heavy atom. The normalized spacial score (nSPS) is 16.5. The van der Waals surface area contributed by atoms with Gasteiger partial charge in [0.2, 0.25) is 0 Å². The van der Waals surface area contributed by atoms with Crippen molar-refractivity contribution in [3.05, 3.63) is 47.2 Å². The minimum atomic E-state index is -0.619. The van der Waals surface area contributed by atoms with Gasteiger partial charge in [-0.3, -0.25) is 9.59 Å². The highest BCUT2D eigenvalue weighted by Crippen LogP contribution is 2.30. The van der Waals surface area contributed by atoms with E-state index >= 15 is 0 Å². The van der Waals surface area contributed by atoms with E-state index in [-0.39, 0.29) is 29.1 Å². The third-order valence-electron chi connectivity index (χ3n) is 3.03. The number of aromatic hydroxyl groups is 2. The van der Waals surface area contributed by atoms with Gasteiger partial charge in [0.1, 0.15) is 17.3 Å². The average molecular weight is 304 g/mol. The lowest BCUT2D eigenvalue weighted by atomic mass is 9.98. The van der Waals surface area contributed by atoms with Gasteiger partial charge in [-0.05, 0) is 31.1 Å². The third-order valence-corrected chi connectivity index (χ3v) is 3.03. The molecule has 1 aliphatic heterocycles. The molecular formula is C16H16O6. The van der Waals surface area contributed by atoms with Gasteiger partial charge in [0.25, 0.3) is 0 Å². The molecule has 116 valence electrons. The number of phenols is 2. The van der Waals surface area contributed by atoms with E-state index in [1.165, 1.54) is 12.1 Å². The van der Waals surface area contributed by atoms with Gasteiger partial charge in [0.05, 0.1) is 18.1 Å². The molecule has 1 unspecified atom stereocenters. The molecule has 1 aliphatic rings. The first-order chi connectivity index (χ1) is 10.4. The molecule has 2 rings (SSSR count). The van der Waals surface area contributed by atoms with Crippen molar-refractivity contribution in [2.75, 3.05) is 0 Å². The summed E-state index contributed by atoms with van der Waals surface area (Å²) in [6, 6.07) is 2.29. The number of hydrogen-bond acceptors (Lipinski definition) is 6. The van der Waals surface area contributed by atoms with Crippen molar-refractivity contribution in [3.63, 3.8) is 0 Å². The number of ether oxygens (including phenoxy) is 1. The highest BCUT2D eigenvalue weighted by Gasteiger charge is 2.22. The second-order valence-corrected chi connectivity index (χ2v) is 5.05. The number of carbonyl (C=O) groups is 2. The van der Waals surface area contributed by atoms with Crippen molar-refractivity contribution in [1.82, 2.24) is 0 Å². The summed E-state index contributed by atoms with van der Waals surface area (Å²) >= 11 is 0. The van der Waals surface area contributed by atoms with Crippen molar-refractivity contribution in [3.8, 4) is 11.5 Å². The number of esters is 1. The zero-order valence-corrected chi connectivity index (χ0v) is 11.9. The first-order valence-corrected chi connectivity index (χ1v) is 6.73. The zero-order chi connectivity index (χ0) is 16.3. The Hall–Kier alpha value is -2.60. The summed E-state index contributed by atoms with van der Waals surface area (Å²) in [6.45, 7) is 1.61. The maximum absolute atomic E-state index is 12.2. The molecule has 6 nitrogen and oxygen atoms in total. The Kier molecular flexibility index (Phi) is 4.62. The number of allylic oxidation sites excluding steroid dienone is 2. The Balaban J connectivity index is 2.39. The lowest BCUT2D eigenvalue weighted by molar-refractivity contribution is -0.138. The monoisotopic (exact) mass is 304 g/mol. The predicted octanol–water partition coefficient (Wildman–Crippen LogP) is 1.59. The van der Waals surface area contributed by atoms with Crippen LogP contribution < -0.4 is 0 Å². The van der Waals surface area contributed by atoms with Crippen LogP contribution in [0.3, 0.4) is 0 Å². The highest BCUT2D eigenvalue weighted by atomic mass is 16.5. The van der Waals surface area contributed by atoms with Crippen LogP contribution in [0, 0.1) is 0 Å². The number of rotatable bonds is 3. The molecule has 1 aromatic rings. The van der Waals surface area contributed by atoms with Gasteiger partial charge in [-0.1, -0.05) is 6.08 Å². The van der Waals surface area contributed by atoms with Crippen molar-refractivity contribution in [2.24, 2.45) is 0 Å². The summed E-state index contributed by atoms with van der Waals surface area (Å²) in [5.41, 5.74) is 0.173. The maximum Gasteiger partial charge on any atom is 0.315 e. The number of aliphatic hydroxyl groups excluding tert-OH is 1. The van der Waals surface area contributed by atoms with E-state index in [9.17, 15) is 24.9 Å². The molecule has 0 spiro atoms. The van der Waals surface area contributed by atoms with Gasteiger partial charge >= 0.3 is 5.97 Å². The summed E-state index contributed by atoms with van der Waals surface area (Å²) in [7, 11) is 0. The van der Waals surface area contributed by atoms with Crippen LogP contribution in [0.5, 0.6) is 11.5 Å². The second-order valence-electron chi connectivity index (χ2n) is 5.05. The van der Waals surface area contributed by atoms with E-state index in [0.29, 0.717) is 6.42 Å². The quantitative estimate of drug-likeness (QED) is 0.733. The molecule has 0 aliphatic carbocycles. The molecule has 0 amide bonds. The molecule has 0 radical (unpaired) electrons. The zero-order valence-electron chi connectivity index (χ0n) is 11.9. The van der Waals surface area contributed by atoms with Crippen LogP contribution in [0.2, 0.25) is 0 Å². The summed E-state index contributed by atoms with van der Waals surface area (Å²) < 4.78 is 5.05. The van der Waals surface area contributed by atoms with E-state index < -0.39 is 23.6 Å². The number of ketones is 1. The van der Waals surface area contributed by atoms with E-state index in [1.807, 2.05) is 0 Å². The summed E-state index contributed by atoms with van der Waals surface area (Å²) in [5, 5.41) is 28.5.